The molecule has 1 aliphatic heterocycles. The summed E-state index contributed by atoms with van der Waals surface area (Å²) in [6.45, 7) is 1.00. The van der Waals surface area contributed by atoms with Crippen LogP contribution in [0, 0.1) is 0 Å². The van der Waals surface area contributed by atoms with E-state index >= 15 is 0 Å². The molecule has 2 heterocycles. The Balaban J connectivity index is 1.89. The standard InChI is InChI=1S/C15H18N2O3S/c16-21(18,19)12-5-3-4-11(10-12)14-7-8-15(20-14)13-6-1-2-9-17-13/h3-5,7-8,10,13,17H,1-2,6,9H2,(H2,16,18,19)/t13-/m0/s1. The lowest BCUT2D eigenvalue weighted by Crippen LogP contribution is -2.26. The number of hydrogen-bond acceptors (Lipinski definition) is 4. The summed E-state index contributed by atoms with van der Waals surface area (Å²) < 4.78 is 28.7. The third-order valence-corrected chi connectivity index (χ3v) is 4.64. The molecule has 112 valence electrons. The first kappa shape index (κ1) is 14.3. The van der Waals surface area contributed by atoms with E-state index in [0.29, 0.717) is 11.3 Å². The van der Waals surface area contributed by atoms with Gasteiger partial charge in [-0.2, -0.15) is 0 Å². The number of benzene rings is 1. The Morgan fingerprint density at radius 1 is 1.19 bits per heavy atom. The molecule has 0 saturated carbocycles. The minimum Gasteiger partial charge on any atom is -0.459 e. The van der Waals surface area contributed by atoms with E-state index in [1.165, 1.54) is 25.0 Å². The molecule has 5 nitrogen and oxygen atoms in total. The van der Waals surface area contributed by atoms with Gasteiger partial charge in [0, 0.05) is 5.56 Å². The van der Waals surface area contributed by atoms with Gasteiger partial charge < -0.3 is 9.73 Å². The normalized spacial score (nSPS) is 19.6. The summed E-state index contributed by atoms with van der Waals surface area (Å²) in [5.41, 5.74) is 0.712. The van der Waals surface area contributed by atoms with Crippen molar-refractivity contribution in [1.29, 1.82) is 0 Å². The third-order valence-electron chi connectivity index (χ3n) is 3.73. The second kappa shape index (κ2) is 5.63. The summed E-state index contributed by atoms with van der Waals surface area (Å²) in [5, 5.41) is 8.58. The van der Waals surface area contributed by atoms with Crippen LogP contribution in [0.2, 0.25) is 0 Å². The Kier molecular flexibility index (Phi) is 3.84. The summed E-state index contributed by atoms with van der Waals surface area (Å²) in [7, 11) is -3.70. The van der Waals surface area contributed by atoms with Crippen LogP contribution in [0.15, 0.2) is 45.7 Å². The van der Waals surface area contributed by atoms with Crippen LogP contribution in [0.4, 0.5) is 0 Å². The third kappa shape index (κ3) is 3.18. The topological polar surface area (TPSA) is 85.3 Å². The first-order chi connectivity index (χ1) is 10.0. The predicted octanol–water partition coefficient (Wildman–Crippen LogP) is 2.41. The zero-order valence-electron chi connectivity index (χ0n) is 11.6. The molecule has 1 saturated heterocycles. The van der Waals surface area contributed by atoms with Gasteiger partial charge in [-0.15, -0.1) is 0 Å². The minimum atomic E-state index is -3.70. The quantitative estimate of drug-likeness (QED) is 0.912. The van der Waals surface area contributed by atoms with Crippen molar-refractivity contribution in [2.75, 3.05) is 6.54 Å². The van der Waals surface area contributed by atoms with Crippen LogP contribution >= 0.6 is 0 Å². The van der Waals surface area contributed by atoms with E-state index in [1.807, 2.05) is 18.2 Å². The lowest BCUT2D eigenvalue weighted by Gasteiger charge is -2.21. The molecule has 3 N–H and O–H groups in total. The van der Waals surface area contributed by atoms with E-state index in [2.05, 4.69) is 5.32 Å². The molecular weight excluding hydrogens is 288 g/mol. The Morgan fingerprint density at radius 2 is 2.05 bits per heavy atom. The largest absolute Gasteiger partial charge is 0.459 e. The van der Waals surface area contributed by atoms with E-state index in [0.717, 1.165) is 18.7 Å². The number of sulfonamides is 1. The molecule has 1 fully saturated rings. The summed E-state index contributed by atoms with van der Waals surface area (Å²) in [4.78, 5) is 0.0914. The summed E-state index contributed by atoms with van der Waals surface area (Å²) in [5.74, 6) is 1.55. The van der Waals surface area contributed by atoms with E-state index in [1.54, 1.807) is 6.07 Å². The molecule has 6 heteroatoms. The van der Waals surface area contributed by atoms with Gasteiger partial charge in [-0.25, -0.2) is 13.6 Å². The number of rotatable bonds is 3. The van der Waals surface area contributed by atoms with Gasteiger partial charge in [0.1, 0.15) is 11.5 Å². The second-order valence-electron chi connectivity index (χ2n) is 5.28. The number of primary sulfonamides is 1. The first-order valence-electron chi connectivity index (χ1n) is 7.00. The highest BCUT2D eigenvalue weighted by Gasteiger charge is 2.19. The van der Waals surface area contributed by atoms with Crippen molar-refractivity contribution in [3.63, 3.8) is 0 Å². The van der Waals surface area contributed by atoms with Crippen molar-refractivity contribution in [3.05, 3.63) is 42.2 Å². The van der Waals surface area contributed by atoms with Crippen LogP contribution in [-0.4, -0.2) is 15.0 Å². The van der Waals surface area contributed by atoms with Gasteiger partial charge >= 0.3 is 0 Å². The van der Waals surface area contributed by atoms with E-state index in [-0.39, 0.29) is 10.9 Å². The van der Waals surface area contributed by atoms with Gasteiger partial charge in [-0.1, -0.05) is 18.6 Å². The Hall–Kier alpha value is -1.63. The molecule has 0 amide bonds. The fraction of sp³-hybridized carbons (Fsp3) is 0.333. The van der Waals surface area contributed by atoms with E-state index in [4.69, 9.17) is 9.56 Å². The molecule has 0 aliphatic carbocycles. The van der Waals surface area contributed by atoms with Crippen LogP contribution in [-0.2, 0) is 10.0 Å². The van der Waals surface area contributed by atoms with Crippen LogP contribution in [0.1, 0.15) is 31.1 Å². The highest BCUT2D eigenvalue weighted by molar-refractivity contribution is 7.89. The maximum atomic E-state index is 11.4. The van der Waals surface area contributed by atoms with E-state index < -0.39 is 10.0 Å². The molecular formula is C15H18N2O3S. The molecule has 21 heavy (non-hydrogen) atoms. The SMILES string of the molecule is NS(=O)(=O)c1cccc(-c2ccc([C@@H]3CCCCN3)o2)c1. The molecule has 2 aromatic rings. The summed E-state index contributed by atoms with van der Waals surface area (Å²) >= 11 is 0. The lowest BCUT2D eigenvalue weighted by molar-refractivity contribution is 0.353. The maximum absolute atomic E-state index is 11.4. The van der Waals surface area contributed by atoms with Crippen molar-refractivity contribution in [2.45, 2.75) is 30.2 Å². The molecule has 0 radical (unpaired) electrons. The first-order valence-corrected chi connectivity index (χ1v) is 8.55. The number of nitrogens with one attached hydrogen (secondary N) is 1. The molecule has 0 unspecified atom stereocenters. The second-order valence-corrected chi connectivity index (χ2v) is 6.84. The average Bonchev–Trinajstić information content (AvgIpc) is 2.97. The van der Waals surface area contributed by atoms with Crippen molar-refractivity contribution in [3.8, 4) is 11.3 Å². The number of nitrogens with two attached hydrogens (primary N) is 1. The maximum Gasteiger partial charge on any atom is 0.238 e. The molecule has 0 spiro atoms. The highest BCUT2D eigenvalue weighted by Crippen LogP contribution is 2.29. The predicted molar refractivity (Wildman–Crippen MR) is 80.1 cm³/mol. The Labute approximate surface area is 124 Å². The van der Waals surface area contributed by atoms with Crippen LogP contribution in [0.25, 0.3) is 11.3 Å². The monoisotopic (exact) mass is 306 g/mol. The molecule has 1 atom stereocenters. The highest BCUT2D eigenvalue weighted by atomic mass is 32.2. The van der Waals surface area contributed by atoms with Gasteiger partial charge in [0.2, 0.25) is 10.0 Å². The summed E-state index contributed by atoms with van der Waals surface area (Å²) in [6, 6.07) is 10.5. The molecule has 0 bridgehead atoms. The summed E-state index contributed by atoms with van der Waals surface area (Å²) in [6.07, 6.45) is 3.44. The van der Waals surface area contributed by atoms with E-state index in [9.17, 15) is 8.42 Å². The molecule has 1 aromatic heterocycles. The number of piperidine rings is 1. The minimum absolute atomic E-state index is 0.0914. The Bertz CT molecular complexity index is 731. The van der Waals surface area contributed by atoms with Crippen LogP contribution < -0.4 is 10.5 Å². The molecule has 1 aliphatic rings. The average molecular weight is 306 g/mol. The van der Waals surface area contributed by atoms with Gasteiger partial charge in [0.25, 0.3) is 0 Å². The van der Waals surface area contributed by atoms with Crippen molar-refractivity contribution >= 4 is 10.0 Å². The lowest BCUT2D eigenvalue weighted by atomic mass is 10.0. The number of furan rings is 1. The molecule has 3 rings (SSSR count). The van der Waals surface area contributed by atoms with Crippen molar-refractivity contribution in [2.24, 2.45) is 5.14 Å². The van der Waals surface area contributed by atoms with Gasteiger partial charge in [0.05, 0.1) is 10.9 Å². The number of hydrogen-bond donors (Lipinski definition) is 2. The Morgan fingerprint density at radius 3 is 2.76 bits per heavy atom. The fourth-order valence-electron chi connectivity index (χ4n) is 2.62. The van der Waals surface area contributed by atoms with Crippen LogP contribution in [0.3, 0.4) is 0 Å². The van der Waals surface area contributed by atoms with Gasteiger partial charge in [0.15, 0.2) is 0 Å². The molecule has 1 aromatic carbocycles. The smallest absolute Gasteiger partial charge is 0.238 e. The fourth-order valence-corrected chi connectivity index (χ4v) is 3.18. The van der Waals surface area contributed by atoms with Crippen LogP contribution in [0.5, 0.6) is 0 Å². The van der Waals surface area contributed by atoms with Crippen molar-refractivity contribution < 1.29 is 12.8 Å². The van der Waals surface area contributed by atoms with Gasteiger partial charge in [-0.05, 0) is 43.7 Å². The zero-order chi connectivity index (χ0) is 14.9. The van der Waals surface area contributed by atoms with Crippen molar-refractivity contribution in [1.82, 2.24) is 5.32 Å². The van der Waals surface area contributed by atoms with Gasteiger partial charge in [-0.3, -0.25) is 0 Å². The zero-order valence-corrected chi connectivity index (χ0v) is 12.4.